The molecule has 2 aromatic rings. The number of carbonyl (C=O) groups is 2. The highest BCUT2D eigenvalue weighted by Gasteiger charge is 2.34. The maximum absolute atomic E-state index is 12.7. The van der Waals surface area contributed by atoms with E-state index in [4.69, 9.17) is 4.74 Å². The smallest absolute Gasteiger partial charge is 0.251 e. The van der Waals surface area contributed by atoms with Gasteiger partial charge in [0, 0.05) is 9.75 Å². The molecule has 132 valence electrons. The largest absolute Gasteiger partial charge is 0.369 e. The molecule has 0 radical (unpaired) electrons. The van der Waals surface area contributed by atoms with Crippen LogP contribution in [0.15, 0.2) is 17.5 Å². The molecule has 2 aromatic heterocycles. The number of anilines is 1. The van der Waals surface area contributed by atoms with Crippen LogP contribution in [0, 0.1) is 0 Å². The molecule has 1 N–H and O–H groups in total. The molecule has 1 aliphatic heterocycles. The minimum absolute atomic E-state index is 0.0285. The van der Waals surface area contributed by atoms with Gasteiger partial charge < -0.3 is 15.0 Å². The highest BCUT2D eigenvalue weighted by atomic mass is 32.1. The average Bonchev–Trinajstić information content (AvgIpc) is 3.25. The van der Waals surface area contributed by atoms with E-state index in [1.54, 1.807) is 27.6 Å². The molecule has 8 heteroatoms. The van der Waals surface area contributed by atoms with Crippen LogP contribution in [0.2, 0.25) is 0 Å². The van der Waals surface area contributed by atoms with E-state index in [0.29, 0.717) is 11.7 Å². The Bertz CT molecular complexity index is 749. The zero-order valence-electron chi connectivity index (χ0n) is 13.7. The number of aromatic nitrogens is 1. The van der Waals surface area contributed by atoms with Gasteiger partial charge in [-0.25, -0.2) is 4.98 Å². The van der Waals surface area contributed by atoms with Gasteiger partial charge >= 0.3 is 0 Å². The summed E-state index contributed by atoms with van der Waals surface area (Å²) in [6, 6.07) is 3.29. The van der Waals surface area contributed by atoms with Crippen LogP contribution in [-0.4, -0.2) is 41.0 Å². The van der Waals surface area contributed by atoms with Crippen molar-refractivity contribution in [3.05, 3.63) is 33.0 Å². The number of morpholine rings is 1. The van der Waals surface area contributed by atoms with E-state index in [0.717, 1.165) is 29.8 Å². The van der Waals surface area contributed by atoms with Crippen LogP contribution in [0.25, 0.3) is 0 Å². The van der Waals surface area contributed by atoms with Crippen molar-refractivity contribution in [2.75, 3.05) is 18.5 Å². The van der Waals surface area contributed by atoms with Crippen molar-refractivity contribution >= 4 is 39.6 Å². The predicted molar refractivity (Wildman–Crippen MR) is 96.9 cm³/mol. The fourth-order valence-electron chi connectivity index (χ4n) is 3.18. The van der Waals surface area contributed by atoms with Crippen molar-refractivity contribution in [1.82, 2.24) is 9.88 Å². The lowest BCUT2D eigenvalue weighted by Crippen LogP contribution is -2.54. The first kappa shape index (κ1) is 16.7. The fourth-order valence-corrected chi connectivity index (χ4v) is 4.94. The van der Waals surface area contributed by atoms with E-state index in [-0.39, 0.29) is 25.0 Å². The number of nitrogens with zero attached hydrogens (tertiary/aromatic N) is 2. The topological polar surface area (TPSA) is 71.5 Å². The minimum atomic E-state index is -0.621. The monoisotopic (exact) mass is 377 g/mol. The summed E-state index contributed by atoms with van der Waals surface area (Å²) >= 11 is 3.13. The summed E-state index contributed by atoms with van der Waals surface area (Å²) in [6.45, 7) is 0.682. The number of aryl methyl sites for hydroxylation is 2. The Labute approximate surface area is 153 Å². The molecule has 1 saturated heterocycles. The second-order valence-corrected chi connectivity index (χ2v) is 8.33. The molecular formula is C17H19N3O3S2. The third-order valence-electron chi connectivity index (χ3n) is 4.48. The number of fused-ring (bicyclic) bond motifs is 1. The van der Waals surface area contributed by atoms with Crippen molar-refractivity contribution in [2.45, 2.75) is 38.3 Å². The van der Waals surface area contributed by atoms with Gasteiger partial charge in [0.05, 0.1) is 18.8 Å². The molecule has 2 aliphatic rings. The SMILES string of the molecule is O=C(Nc1nc2c(s1)CCCC2)C1COCC(=O)N1Cc1cccs1. The number of rotatable bonds is 4. The van der Waals surface area contributed by atoms with Gasteiger partial charge in [0.15, 0.2) is 5.13 Å². The molecule has 0 aromatic carbocycles. The van der Waals surface area contributed by atoms with E-state index < -0.39 is 6.04 Å². The third kappa shape index (κ3) is 3.61. The Morgan fingerprint density at radius 2 is 2.28 bits per heavy atom. The summed E-state index contributed by atoms with van der Waals surface area (Å²) in [7, 11) is 0. The molecule has 0 saturated carbocycles. The predicted octanol–water partition coefficient (Wildman–Crippen LogP) is 2.45. The van der Waals surface area contributed by atoms with Crippen LogP contribution < -0.4 is 5.32 Å². The van der Waals surface area contributed by atoms with Crippen LogP contribution in [-0.2, 0) is 33.7 Å². The molecule has 1 atom stereocenters. The van der Waals surface area contributed by atoms with E-state index in [1.165, 1.54) is 11.3 Å². The molecule has 1 unspecified atom stereocenters. The van der Waals surface area contributed by atoms with Crippen LogP contribution in [0.1, 0.15) is 28.3 Å². The molecule has 4 rings (SSSR count). The van der Waals surface area contributed by atoms with Gasteiger partial charge in [-0.1, -0.05) is 6.07 Å². The quantitative estimate of drug-likeness (QED) is 0.888. The first-order chi connectivity index (χ1) is 12.2. The molecule has 25 heavy (non-hydrogen) atoms. The number of thiophene rings is 1. The van der Waals surface area contributed by atoms with Gasteiger partial charge in [-0.05, 0) is 37.1 Å². The number of thiazole rings is 1. The molecule has 0 bridgehead atoms. The van der Waals surface area contributed by atoms with E-state index in [1.807, 2.05) is 17.5 Å². The van der Waals surface area contributed by atoms with Gasteiger partial charge in [-0.2, -0.15) is 0 Å². The van der Waals surface area contributed by atoms with Gasteiger partial charge in [0.2, 0.25) is 5.91 Å². The lowest BCUT2D eigenvalue weighted by atomic mass is 10.0. The van der Waals surface area contributed by atoms with E-state index in [2.05, 4.69) is 10.3 Å². The first-order valence-electron chi connectivity index (χ1n) is 8.40. The van der Waals surface area contributed by atoms with Crippen molar-refractivity contribution in [3.8, 4) is 0 Å². The lowest BCUT2D eigenvalue weighted by molar-refractivity contribution is -0.153. The summed E-state index contributed by atoms with van der Waals surface area (Å²) < 4.78 is 5.32. The maximum Gasteiger partial charge on any atom is 0.251 e. The van der Waals surface area contributed by atoms with Crippen molar-refractivity contribution in [2.24, 2.45) is 0 Å². The molecule has 2 amide bonds. The van der Waals surface area contributed by atoms with E-state index >= 15 is 0 Å². The second-order valence-electron chi connectivity index (χ2n) is 6.22. The summed E-state index contributed by atoms with van der Waals surface area (Å²) in [4.78, 5) is 33.5. The Kier molecular flexibility index (Phi) is 4.82. The third-order valence-corrected chi connectivity index (χ3v) is 6.42. The normalized spacial score (nSPS) is 20.4. The standard InChI is InChI=1S/C17H19N3O3S2/c21-15-10-23-9-13(20(15)8-11-4-3-7-24-11)16(22)19-17-18-12-5-1-2-6-14(12)25-17/h3-4,7,13H,1-2,5-6,8-10H2,(H,18,19,22). The highest BCUT2D eigenvalue weighted by Crippen LogP contribution is 2.30. The van der Waals surface area contributed by atoms with Crippen molar-refractivity contribution < 1.29 is 14.3 Å². The van der Waals surface area contributed by atoms with Crippen molar-refractivity contribution in [1.29, 1.82) is 0 Å². The molecule has 6 nitrogen and oxygen atoms in total. The summed E-state index contributed by atoms with van der Waals surface area (Å²) in [6.07, 6.45) is 4.36. The van der Waals surface area contributed by atoms with Gasteiger partial charge in [0.1, 0.15) is 12.6 Å². The van der Waals surface area contributed by atoms with Crippen LogP contribution in [0.4, 0.5) is 5.13 Å². The average molecular weight is 377 g/mol. The van der Waals surface area contributed by atoms with Crippen LogP contribution in [0.3, 0.4) is 0 Å². The Balaban J connectivity index is 1.48. The first-order valence-corrected chi connectivity index (χ1v) is 10.1. The van der Waals surface area contributed by atoms with E-state index in [9.17, 15) is 9.59 Å². The number of hydrogen-bond donors (Lipinski definition) is 1. The fraction of sp³-hybridized carbons (Fsp3) is 0.471. The Morgan fingerprint density at radius 1 is 1.40 bits per heavy atom. The number of ether oxygens (including phenoxy) is 1. The van der Waals surface area contributed by atoms with Gasteiger partial charge in [-0.3, -0.25) is 9.59 Å². The van der Waals surface area contributed by atoms with Crippen LogP contribution in [0.5, 0.6) is 0 Å². The van der Waals surface area contributed by atoms with Crippen LogP contribution >= 0.6 is 22.7 Å². The zero-order valence-corrected chi connectivity index (χ0v) is 15.3. The molecule has 1 fully saturated rings. The molecular weight excluding hydrogens is 358 g/mol. The van der Waals surface area contributed by atoms with Gasteiger partial charge in [0.25, 0.3) is 5.91 Å². The second kappa shape index (κ2) is 7.23. The Hall–Kier alpha value is -1.77. The summed E-state index contributed by atoms with van der Waals surface area (Å²) in [5, 5.41) is 5.50. The number of nitrogens with one attached hydrogen (secondary N) is 1. The van der Waals surface area contributed by atoms with Gasteiger partial charge in [-0.15, -0.1) is 22.7 Å². The zero-order chi connectivity index (χ0) is 17.2. The minimum Gasteiger partial charge on any atom is -0.369 e. The molecule has 3 heterocycles. The summed E-state index contributed by atoms with van der Waals surface area (Å²) in [5.74, 6) is -0.381. The Morgan fingerprint density at radius 3 is 3.08 bits per heavy atom. The van der Waals surface area contributed by atoms with Crippen molar-refractivity contribution in [3.63, 3.8) is 0 Å². The number of hydrogen-bond acceptors (Lipinski definition) is 6. The summed E-state index contributed by atoms with van der Waals surface area (Å²) in [5.41, 5.74) is 1.11. The number of amides is 2. The maximum atomic E-state index is 12.7. The highest BCUT2D eigenvalue weighted by molar-refractivity contribution is 7.15. The molecule has 0 spiro atoms. The molecule has 1 aliphatic carbocycles. The lowest BCUT2D eigenvalue weighted by Gasteiger charge is -2.33. The number of carbonyl (C=O) groups excluding carboxylic acids is 2.